The highest BCUT2D eigenvalue weighted by atomic mass is 16.6. The van der Waals surface area contributed by atoms with Crippen molar-refractivity contribution in [2.45, 2.75) is 6.42 Å². The Morgan fingerprint density at radius 1 is 1.20 bits per heavy atom. The van der Waals surface area contributed by atoms with Gasteiger partial charge in [0, 0.05) is 18.1 Å². The van der Waals surface area contributed by atoms with E-state index in [4.69, 9.17) is 15.4 Å². The molecular weight excluding hydrogens is 198 g/mol. The van der Waals surface area contributed by atoms with Crippen LogP contribution >= 0.6 is 0 Å². The topological polar surface area (TPSA) is 73.9 Å². The van der Waals surface area contributed by atoms with Crippen LogP contribution in [-0.4, -0.2) is 25.9 Å². The van der Waals surface area contributed by atoms with Gasteiger partial charge in [0.15, 0.2) is 11.5 Å². The van der Waals surface area contributed by atoms with Crippen LogP contribution < -0.4 is 15.4 Å². The molecule has 5 nitrogen and oxygen atoms in total. The lowest BCUT2D eigenvalue weighted by Gasteiger charge is -2.11. The maximum Gasteiger partial charge on any atom is 0.164 e. The van der Waals surface area contributed by atoms with Crippen molar-refractivity contribution in [2.75, 3.05) is 20.8 Å². The first kappa shape index (κ1) is 11.6. The average molecular weight is 213 g/mol. The standard InChI is InChI=1S/C10H15NO4/c1-13-9-5-7(3-4-15-11)8(12)6-10(9)14-2/h5-6,12H,3-4,11H2,1-2H3. The quantitative estimate of drug-likeness (QED) is 0.709. The van der Waals surface area contributed by atoms with Crippen LogP contribution in [0.2, 0.25) is 0 Å². The summed E-state index contributed by atoms with van der Waals surface area (Å²) in [5.74, 6) is 6.12. The summed E-state index contributed by atoms with van der Waals surface area (Å²) in [6.07, 6.45) is 0.517. The molecule has 0 aliphatic heterocycles. The SMILES string of the molecule is COc1cc(O)c(CCON)cc1OC. The lowest BCUT2D eigenvalue weighted by Crippen LogP contribution is -2.04. The summed E-state index contributed by atoms with van der Waals surface area (Å²) in [5, 5.41) is 9.64. The van der Waals surface area contributed by atoms with E-state index in [1.807, 2.05) is 0 Å². The number of benzene rings is 1. The van der Waals surface area contributed by atoms with Crippen LogP contribution in [0, 0.1) is 0 Å². The molecule has 84 valence electrons. The van der Waals surface area contributed by atoms with Crippen molar-refractivity contribution in [3.63, 3.8) is 0 Å². The number of phenols is 1. The van der Waals surface area contributed by atoms with E-state index >= 15 is 0 Å². The molecule has 3 N–H and O–H groups in total. The normalized spacial score (nSPS) is 10.1. The highest BCUT2D eigenvalue weighted by molar-refractivity contribution is 5.50. The molecule has 1 aromatic carbocycles. The van der Waals surface area contributed by atoms with Crippen molar-refractivity contribution in [3.05, 3.63) is 17.7 Å². The second-order valence-corrected chi connectivity index (χ2v) is 2.96. The zero-order valence-corrected chi connectivity index (χ0v) is 8.82. The summed E-state index contributed by atoms with van der Waals surface area (Å²) in [4.78, 5) is 4.45. The van der Waals surface area contributed by atoms with E-state index in [0.29, 0.717) is 30.1 Å². The molecule has 0 amide bonds. The van der Waals surface area contributed by atoms with Gasteiger partial charge in [-0.3, -0.25) is 0 Å². The van der Waals surface area contributed by atoms with Crippen LogP contribution in [0.1, 0.15) is 5.56 Å². The number of nitrogens with two attached hydrogens (primary N) is 1. The molecule has 5 heteroatoms. The Bertz CT molecular complexity index is 327. The average Bonchev–Trinajstić information content (AvgIpc) is 2.27. The van der Waals surface area contributed by atoms with Gasteiger partial charge in [-0.2, -0.15) is 0 Å². The fourth-order valence-electron chi connectivity index (χ4n) is 1.28. The summed E-state index contributed by atoms with van der Waals surface area (Å²) in [6.45, 7) is 0.336. The fraction of sp³-hybridized carbons (Fsp3) is 0.400. The third-order valence-electron chi connectivity index (χ3n) is 2.07. The van der Waals surface area contributed by atoms with Gasteiger partial charge in [-0.25, -0.2) is 5.90 Å². The number of hydrogen-bond acceptors (Lipinski definition) is 5. The Hall–Kier alpha value is -1.46. The molecule has 0 radical (unpaired) electrons. The van der Waals surface area contributed by atoms with Crippen LogP contribution in [-0.2, 0) is 11.3 Å². The molecule has 0 saturated heterocycles. The van der Waals surface area contributed by atoms with Crippen molar-refractivity contribution < 1.29 is 19.4 Å². The Morgan fingerprint density at radius 3 is 2.33 bits per heavy atom. The van der Waals surface area contributed by atoms with Crippen molar-refractivity contribution >= 4 is 0 Å². The minimum Gasteiger partial charge on any atom is -0.508 e. The summed E-state index contributed by atoms with van der Waals surface area (Å²) >= 11 is 0. The van der Waals surface area contributed by atoms with Gasteiger partial charge in [-0.15, -0.1) is 0 Å². The second kappa shape index (κ2) is 5.43. The molecule has 1 rings (SSSR count). The number of ether oxygens (including phenoxy) is 2. The van der Waals surface area contributed by atoms with Crippen molar-refractivity contribution in [2.24, 2.45) is 5.90 Å². The molecule has 0 aliphatic rings. The molecule has 15 heavy (non-hydrogen) atoms. The van der Waals surface area contributed by atoms with Crippen LogP contribution in [0.15, 0.2) is 12.1 Å². The molecule has 0 saturated carbocycles. The van der Waals surface area contributed by atoms with Crippen LogP contribution in [0.4, 0.5) is 0 Å². The molecule has 1 aromatic rings. The molecule has 0 aliphatic carbocycles. The highest BCUT2D eigenvalue weighted by Gasteiger charge is 2.09. The summed E-state index contributed by atoms with van der Waals surface area (Å²) in [7, 11) is 3.05. The molecule has 0 bridgehead atoms. The number of aromatic hydroxyl groups is 1. The zero-order valence-electron chi connectivity index (χ0n) is 8.82. The first-order valence-corrected chi connectivity index (χ1v) is 4.48. The van der Waals surface area contributed by atoms with Crippen molar-refractivity contribution in [1.29, 1.82) is 0 Å². The lowest BCUT2D eigenvalue weighted by atomic mass is 10.1. The first-order chi connectivity index (χ1) is 7.22. The van der Waals surface area contributed by atoms with Crippen molar-refractivity contribution in [3.8, 4) is 17.2 Å². The van der Waals surface area contributed by atoms with Crippen LogP contribution in [0.5, 0.6) is 17.2 Å². The number of hydrogen-bond donors (Lipinski definition) is 2. The van der Waals surface area contributed by atoms with E-state index in [2.05, 4.69) is 4.84 Å². The van der Waals surface area contributed by atoms with Gasteiger partial charge < -0.3 is 19.4 Å². The summed E-state index contributed by atoms with van der Waals surface area (Å²) < 4.78 is 10.1. The Kier molecular flexibility index (Phi) is 4.20. The third-order valence-corrected chi connectivity index (χ3v) is 2.07. The van der Waals surface area contributed by atoms with E-state index in [9.17, 15) is 5.11 Å². The second-order valence-electron chi connectivity index (χ2n) is 2.96. The van der Waals surface area contributed by atoms with E-state index in [-0.39, 0.29) is 5.75 Å². The fourth-order valence-corrected chi connectivity index (χ4v) is 1.28. The molecule has 0 heterocycles. The number of rotatable bonds is 5. The lowest BCUT2D eigenvalue weighted by molar-refractivity contribution is 0.140. The number of methoxy groups -OCH3 is 2. The number of phenolic OH excluding ortho intramolecular Hbond substituents is 1. The summed E-state index contributed by atoms with van der Waals surface area (Å²) in [6, 6.07) is 3.21. The largest absolute Gasteiger partial charge is 0.508 e. The Morgan fingerprint density at radius 2 is 1.80 bits per heavy atom. The predicted octanol–water partition coefficient (Wildman–Crippen LogP) is 0.842. The van der Waals surface area contributed by atoms with Gasteiger partial charge in [-0.05, 0) is 6.07 Å². The van der Waals surface area contributed by atoms with Crippen LogP contribution in [0.25, 0.3) is 0 Å². The predicted molar refractivity (Wildman–Crippen MR) is 55.1 cm³/mol. The van der Waals surface area contributed by atoms with E-state index in [0.717, 1.165) is 0 Å². The summed E-state index contributed by atoms with van der Waals surface area (Å²) in [5.41, 5.74) is 0.707. The molecule has 0 unspecified atom stereocenters. The Labute approximate surface area is 88.3 Å². The smallest absolute Gasteiger partial charge is 0.164 e. The Balaban J connectivity index is 2.97. The molecule has 0 spiro atoms. The molecule has 0 aromatic heterocycles. The van der Waals surface area contributed by atoms with E-state index < -0.39 is 0 Å². The molecular formula is C10H15NO4. The monoisotopic (exact) mass is 213 g/mol. The van der Waals surface area contributed by atoms with E-state index in [1.54, 1.807) is 6.07 Å². The minimum absolute atomic E-state index is 0.143. The highest BCUT2D eigenvalue weighted by Crippen LogP contribution is 2.34. The molecule has 0 atom stereocenters. The van der Waals surface area contributed by atoms with Crippen LogP contribution in [0.3, 0.4) is 0 Å². The van der Waals surface area contributed by atoms with Gasteiger partial charge in [0.2, 0.25) is 0 Å². The van der Waals surface area contributed by atoms with Gasteiger partial charge in [-0.1, -0.05) is 0 Å². The maximum atomic E-state index is 9.64. The van der Waals surface area contributed by atoms with Gasteiger partial charge in [0.1, 0.15) is 5.75 Å². The molecule has 0 fully saturated rings. The van der Waals surface area contributed by atoms with E-state index in [1.165, 1.54) is 20.3 Å². The maximum absolute atomic E-state index is 9.64. The minimum atomic E-state index is 0.143. The third kappa shape index (κ3) is 2.74. The first-order valence-electron chi connectivity index (χ1n) is 4.48. The van der Waals surface area contributed by atoms with Gasteiger partial charge in [0.05, 0.1) is 20.8 Å². The zero-order chi connectivity index (χ0) is 11.3. The van der Waals surface area contributed by atoms with Gasteiger partial charge >= 0.3 is 0 Å². The van der Waals surface area contributed by atoms with Gasteiger partial charge in [0.25, 0.3) is 0 Å². The van der Waals surface area contributed by atoms with Crippen molar-refractivity contribution in [1.82, 2.24) is 0 Å².